The molecule has 180 valence electrons. The summed E-state index contributed by atoms with van der Waals surface area (Å²) in [6.45, 7) is 5.47. The second-order valence-corrected chi connectivity index (χ2v) is 9.74. The highest BCUT2D eigenvalue weighted by Gasteiger charge is 2.25. The minimum atomic E-state index is -0.382. The van der Waals surface area contributed by atoms with E-state index < -0.39 is 0 Å². The maximum absolute atomic E-state index is 11.8. The Bertz CT molecular complexity index is 1250. The third-order valence-corrected chi connectivity index (χ3v) is 6.87. The van der Waals surface area contributed by atoms with Crippen LogP contribution in [0.4, 0.5) is 10.7 Å². The molecular weight excluding hydrogens is 464 g/mol. The van der Waals surface area contributed by atoms with Crippen LogP contribution in [0.3, 0.4) is 0 Å². The zero-order chi connectivity index (χ0) is 24.2. The normalized spacial score (nSPS) is 17.9. The van der Waals surface area contributed by atoms with Crippen molar-refractivity contribution in [2.75, 3.05) is 24.5 Å². The first kappa shape index (κ1) is 23.3. The van der Waals surface area contributed by atoms with Gasteiger partial charge in [-0.05, 0) is 79.9 Å². The lowest BCUT2D eigenvalue weighted by atomic mass is 9.97. The molecule has 0 saturated carbocycles. The van der Waals surface area contributed by atoms with Gasteiger partial charge in [0.25, 0.3) is 11.1 Å². The number of aryl methyl sites for hydroxylation is 1. The lowest BCUT2D eigenvalue weighted by Gasteiger charge is -2.32. The lowest BCUT2D eigenvalue weighted by molar-refractivity contribution is -0.115. The van der Waals surface area contributed by atoms with Crippen molar-refractivity contribution in [1.82, 2.24) is 25.6 Å². The molecule has 35 heavy (non-hydrogen) atoms. The minimum Gasteiger partial charge on any atom is -0.472 e. The molecule has 2 saturated heterocycles. The Morgan fingerprint density at radius 2 is 2.09 bits per heavy atom. The second kappa shape index (κ2) is 10.4. The maximum atomic E-state index is 11.8. The number of pyridine rings is 1. The summed E-state index contributed by atoms with van der Waals surface area (Å²) < 4.78 is 5.19. The van der Waals surface area contributed by atoms with E-state index in [4.69, 9.17) is 9.40 Å². The van der Waals surface area contributed by atoms with Gasteiger partial charge in [0, 0.05) is 31.4 Å². The van der Waals surface area contributed by atoms with Crippen molar-refractivity contribution in [2.24, 2.45) is 5.92 Å². The topological polar surface area (TPSA) is 113 Å². The zero-order valence-electron chi connectivity index (χ0n) is 19.4. The number of thioether (sulfide) groups is 1. The Hall–Kier alpha value is -3.50. The molecule has 3 aromatic rings. The Morgan fingerprint density at radius 3 is 2.83 bits per heavy atom. The minimum absolute atomic E-state index is 0.351. The van der Waals surface area contributed by atoms with Crippen molar-refractivity contribution in [2.45, 2.75) is 26.3 Å². The van der Waals surface area contributed by atoms with E-state index in [2.05, 4.69) is 44.6 Å². The van der Waals surface area contributed by atoms with Crippen LogP contribution < -0.4 is 15.5 Å². The predicted octanol–water partition coefficient (Wildman–Crippen LogP) is 3.77. The molecule has 2 fully saturated rings. The van der Waals surface area contributed by atoms with E-state index in [9.17, 15) is 9.59 Å². The van der Waals surface area contributed by atoms with E-state index in [1.54, 1.807) is 30.9 Å². The number of rotatable bonds is 7. The average Bonchev–Trinajstić information content (AvgIpc) is 3.49. The molecule has 2 aliphatic rings. The van der Waals surface area contributed by atoms with Crippen molar-refractivity contribution in [3.8, 4) is 11.3 Å². The number of carbonyl (C=O) groups excluding carboxylic acids is 2. The molecule has 0 atom stereocenters. The highest BCUT2D eigenvalue weighted by Crippen LogP contribution is 2.26. The molecule has 0 spiro atoms. The van der Waals surface area contributed by atoms with Crippen LogP contribution in [0.5, 0.6) is 0 Å². The molecular formula is C25H26N6O3S. The maximum Gasteiger partial charge on any atom is 0.290 e. The third-order valence-electron chi connectivity index (χ3n) is 6.06. The molecule has 0 radical (unpaired) electrons. The molecule has 5 heterocycles. The van der Waals surface area contributed by atoms with Crippen LogP contribution >= 0.6 is 11.8 Å². The summed E-state index contributed by atoms with van der Waals surface area (Å²) in [5.41, 5.74) is 4.74. The van der Waals surface area contributed by atoms with Crippen molar-refractivity contribution in [1.29, 1.82) is 0 Å². The van der Waals surface area contributed by atoms with Crippen molar-refractivity contribution in [3.05, 3.63) is 64.8 Å². The Balaban J connectivity index is 1.12. The van der Waals surface area contributed by atoms with Gasteiger partial charge in [0.1, 0.15) is 0 Å². The molecule has 0 unspecified atom stereocenters. The molecule has 2 aliphatic heterocycles. The number of furan rings is 1. The van der Waals surface area contributed by atoms with Gasteiger partial charge in [0.2, 0.25) is 5.95 Å². The number of piperidine rings is 1. The molecule has 2 N–H and O–H groups in total. The fourth-order valence-electron chi connectivity index (χ4n) is 4.28. The molecule has 0 aliphatic carbocycles. The number of imide groups is 1. The molecule has 2 amide bonds. The van der Waals surface area contributed by atoms with Gasteiger partial charge >= 0.3 is 0 Å². The third kappa shape index (κ3) is 5.77. The van der Waals surface area contributed by atoms with Crippen LogP contribution in [0.2, 0.25) is 0 Å². The number of amides is 2. The van der Waals surface area contributed by atoms with Gasteiger partial charge in [0.05, 0.1) is 34.5 Å². The lowest BCUT2D eigenvalue weighted by Crippen LogP contribution is -2.38. The summed E-state index contributed by atoms with van der Waals surface area (Å²) in [5, 5.41) is 5.47. The summed E-state index contributed by atoms with van der Waals surface area (Å²) in [7, 11) is 0. The molecule has 5 rings (SSSR count). The van der Waals surface area contributed by atoms with Crippen molar-refractivity contribution >= 4 is 34.9 Å². The van der Waals surface area contributed by atoms with Gasteiger partial charge in [0.15, 0.2) is 0 Å². The SMILES string of the molecule is Cc1cc(CNCC2CCN(c3nccc(C=C4SC(=O)NC4=O)n3)CC2)nc(-c2ccoc2)c1. The molecule has 0 bridgehead atoms. The van der Waals surface area contributed by atoms with Gasteiger partial charge < -0.3 is 14.6 Å². The number of nitrogens with zero attached hydrogens (tertiary/aromatic N) is 4. The first-order valence-electron chi connectivity index (χ1n) is 11.6. The van der Waals surface area contributed by atoms with E-state index in [0.29, 0.717) is 22.5 Å². The summed E-state index contributed by atoms with van der Waals surface area (Å²) in [5.74, 6) is 0.836. The van der Waals surface area contributed by atoms with Gasteiger partial charge in [-0.1, -0.05) is 0 Å². The van der Waals surface area contributed by atoms with Gasteiger partial charge in [-0.2, -0.15) is 0 Å². The summed E-state index contributed by atoms with van der Waals surface area (Å²) >= 11 is 0.889. The highest BCUT2D eigenvalue weighted by atomic mass is 32.2. The van der Waals surface area contributed by atoms with Crippen LogP contribution in [0.15, 0.2) is 52.3 Å². The van der Waals surface area contributed by atoms with Crippen molar-refractivity contribution in [3.63, 3.8) is 0 Å². The fourth-order valence-corrected chi connectivity index (χ4v) is 4.95. The zero-order valence-corrected chi connectivity index (χ0v) is 20.2. The summed E-state index contributed by atoms with van der Waals surface area (Å²) in [6, 6.07) is 7.84. The van der Waals surface area contributed by atoms with Crippen LogP contribution in [0.1, 0.15) is 29.8 Å². The van der Waals surface area contributed by atoms with E-state index in [1.807, 2.05) is 6.07 Å². The number of hydrogen-bond donors (Lipinski definition) is 2. The number of aromatic nitrogens is 3. The van der Waals surface area contributed by atoms with E-state index in [0.717, 1.165) is 67.7 Å². The number of hydrogen-bond acceptors (Lipinski definition) is 9. The molecule has 10 heteroatoms. The Morgan fingerprint density at radius 1 is 1.23 bits per heavy atom. The molecule has 3 aromatic heterocycles. The van der Waals surface area contributed by atoms with Crippen molar-refractivity contribution < 1.29 is 14.0 Å². The number of anilines is 1. The standard InChI is InChI=1S/C25H26N6O3S/c1-16-10-20(28-21(11-16)18-5-9-34-15-18)14-26-13-17-3-7-31(8-4-17)24-27-6-2-19(29-24)12-22-23(32)30-25(33)35-22/h2,5-6,9-12,15,17,26H,3-4,7-8,13-14H2,1H3,(H,30,32,33). The van der Waals surface area contributed by atoms with Crippen LogP contribution in [0.25, 0.3) is 17.3 Å². The molecule has 0 aromatic carbocycles. The summed E-state index contributed by atoms with van der Waals surface area (Å²) in [6.07, 6.45) is 8.77. The quantitative estimate of drug-likeness (QED) is 0.478. The smallest absolute Gasteiger partial charge is 0.290 e. The highest BCUT2D eigenvalue weighted by molar-refractivity contribution is 8.18. The van der Waals surface area contributed by atoms with E-state index in [1.165, 1.54) is 5.56 Å². The molecule has 9 nitrogen and oxygen atoms in total. The monoisotopic (exact) mass is 490 g/mol. The van der Waals surface area contributed by atoms with Gasteiger partial charge in [-0.3, -0.25) is 19.9 Å². The van der Waals surface area contributed by atoms with Crippen LogP contribution in [-0.2, 0) is 11.3 Å². The Kier molecular flexibility index (Phi) is 6.91. The second-order valence-electron chi connectivity index (χ2n) is 8.73. The van der Waals surface area contributed by atoms with Gasteiger partial charge in [-0.25, -0.2) is 9.97 Å². The van der Waals surface area contributed by atoms with Gasteiger partial charge in [-0.15, -0.1) is 0 Å². The number of nitrogens with one attached hydrogen (secondary N) is 2. The average molecular weight is 491 g/mol. The summed E-state index contributed by atoms with van der Waals surface area (Å²) in [4.78, 5) is 39.5. The first-order valence-corrected chi connectivity index (χ1v) is 12.4. The van der Waals surface area contributed by atoms with Crippen LogP contribution in [0, 0.1) is 12.8 Å². The predicted molar refractivity (Wildman–Crippen MR) is 134 cm³/mol. The first-order chi connectivity index (χ1) is 17.0. The Labute approximate surface area is 207 Å². The fraction of sp³-hybridized carbons (Fsp3) is 0.320. The number of carbonyl (C=O) groups is 2. The van der Waals surface area contributed by atoms with Crippen LogP contribution in [-0.4, -0.2) is 45.7 Å². The largest absolute Gasteiger partial charge is 0.472 e. The van der Waals surface area contributed by atoms with E-state index >= 15 is 0 Å². The van der Waals surface area contributed by atoms with E-state index in [-0.39, 0.29) is 11.1 Å².